The third-order valence-corrected chi connectivity index (χ3v) is 9.47. The Morgan fingerprint density at radius 2 is 0.648 bits per heavy atom. The molecule has 0 spiro atoms. The van der Waals surface area contributed by atoms with Crippen LogP contribution in [0.5, 0.6) is 17.2 Å². The molecular formula is C45H63N3O6. The lowest BCUT2D eigenvalue weighted by atomic mass is 10.1. The fraction of sp³-hybridized carbons (Fsp3) is 0.533. The quantitative estimate of drug-likeness (QED) is 0.0512. The molecule has 54 heavy (non-hydrogen) atoms. The van der Waals surface area contributed by atoms with Crippen LogP contribution in [0.25, 0.3) is 34.2 Å². The van der Waals surface area contributed by atoms with Crippen LogP contribution in [0.2, 0.25) is 0 Å². The van der Waals surface area contributed by atoms with Crippen molar-refractivity contribution in [2.45, 2.75) is 135 Å². The SMILES string of the molecule is CCCCCCC(O)COc1ccc(-c2nc(-c3ccc(OCC(O)CCCCCC)cc3)nc(-c3ccc(OCC(O)CCCCCC)cc3)n2)cc1. The van der Waals surface area contributed by atoms with E-state index in [0.29, 0.717) is 34.7 Å². The molecule has 4 rings (SSSR count). The second-order valence-corrected chi connectivity index (χ2v) is 14.3. The van der Waals surface area contributed by atoms with Crippen LogP contribution in [0.4, 0.5) is 0 Å². The Bertz CT molecular complexity index is 1380. The zero-order chi connectivity index (χ0) is 38.4. The van der Waals surface area contributed by atoms with Crippen molar-refractivity contribution in [2.24, 2.45) is 0 Å². The van der Waals surface area contributed by atoms with Gasteiger partial charge in [-0.1, -0.05) is 97.8 Å². The second kappa shape index (κ2) is 24.4. The van der Waals surface area contributed by atoms with Crippen LogP contribution < -0.4 is 14.2 Å². The van der Waals surface area contributed by atoms with Gasteiger partial charge in [-0.15, -0.1) is 0 Å². The van der Waals surface area contributed by atoms with Crippen LogP contribution >= 0.6 is 0 Å². The number of ether oxygens (including phenoxy) is 3. The van der Waals surface area contributed by atoms with E-state index in [4.69, 9.17) is 29.2 Å². The van der Waals surface area contributed by atoms with E-state index in [1.165, 1.54) is 38.5 Å². The molecule has 0 radical (unpaired) electrons. The van der Waals surface area contributed by atoms with Crippen LogP contribution in [0.15, 0.2) is 72.8 Å². The van der Waals surface area contributed by atoms with Gasteiger partial charge in [0, 0.05) is 16.7 Å². The van der Waals surface area contributed by atoms with Gasteiger partial charge >= 0.3 is 0 Å². The molecule has 0 aliphatic carbocycles. The first-order valence-corrected chi connectivity index (χ1v) is 20.4. The Labute approximate surface area is 323 Å². The molecule has 3 N–H and O–H groups in total. The van der Waals surface area contributed by atoms with Crippen molar-refractivity contribution in [3.8, 4) is 51.4 Å². The highest BCUT2D eigenvalue weighted by Crippen LogP contribution is 2.28. The summed E-state index contributed by atoms with van der Waals surface area (Å²) in [5, 5.41) is 31.1. The molecule has 294 valence electrons. The van der Waals surface area contributed by atoms with E-state index in [0.717, 1.165) is 74.5 Å². The summed E-state index contributed by atoms with van der Waals surface area (Å²) in [5.41, 5.74) is 2.40. The van der Waals surface area contributed by atoms with Crippen molar-refractivity contribution in [2.75, 3.05) is 19.8 Å². The monoisotopic (exact) mass is 741 g/mol. The summed E-state index contributed by atoms with van der Waals surface area (Å²) in [6.07, 6.45) is 14.1. The number of hydrogen-bond acceptors (Lipinski definition) is 9. The van der Waals surface area contributed by atoms with E-state index in [1.54, 1.807) is 0 Å². The van der Waals surface area contributed by atoms with E-state index >= 15 is 0 Å². The van der Waals surface area contributed by atoms with Crippen LogP contribution in [-0.2, 0) is 0 Å². The lowest BCUT2D eigenvalue weighted by Gasteiger charge is -2.14. The highest BCUT2D eigenvalue weighted by molar-refractivity contribution is 5.67. The van der Waals surface area contributed by atoms with Gasteiger partial charge in [-0.05, 0) is 92.1 Å². The van der Waals surface area contributed by atoms with Gasteiger partial charge in [-0.25, -0.2) is 15.0 Å². The minimum atomic E-state index is -0.495. The Morgan fingerprint density at radius 1 is 0.389 bits per heavy atom. The normalized spacial score (nSPS) is 13.0. The van der Waals surface area contributed by atoms with E-state index < -0.39 is 18.3 Å². The average Bonchev–Trinajstić information content (AvgIpc) is 3.21. The molecule has 1 aromatic heterocycles. The molecule has 0 amide bonds. The summed E-state index contributed by atoms with van der Waals surface area (Å²) in [7, 11) is 0. The van der Waals surface area contributed by atoms with Gasteiger partial charge in [-0.2, -0.15) is 0 Å². The fourth-order valence-electron chi connectivity index (χ4n) is 6.11. The zero-order valence-electron chi connectivity index (χ0n) is 32.8. The van der Waals surface area contributed by atoms with Crippen LogP contribution in [-0.4, -0.2) is 68.4 Å². The number of aliphatic hydroxyl groups is 3. The molecule has 0 bridgehead atoms. The van der Waals surface area contributed by atoms with Gasteiger partial charge in [0.1, 0.15) is 37.1 Å². The van der Waals surface area contributed by atoms with Gasteiger partial charge in [0.2, 0.25) is 0 Å². The largest absolute Gasteiger partial charge is 0.491 e. The summed E-state index contributed by atoms with van der Waals surface area (Å²) in [6.45, 7) is 7.29. The highest BCUT2D eigenvalue weighted by atomic mass is 16.5. The van der Waals surface area contributed by atoms with Crippen LogP contribution in [0.3, 0.4) is 0 Å². The topological polar surface area (TPSA) is 127 Å². The van der Waals surface area contributed by atoms with E-state index in [-0.39, 0.29) is 19.8 Å². The second-order valence-electron chi connectivity index (χ2n) is 14.3. The predicted octanol–water partition coefficient (Wildman–Crippen LogP) is 10.0. The number of unbranched alkanes of at least 4 members (excludes halogenated alkanes) is 9. The molecule has 3 atom stereocenters. The Morgan fingerprint density at radius 3 is 0.889 bits per heavy atom. The van der Waals surface area contributed by atoms with Crippen molar-refractivity contribution >= 4 is 0 Å². The molecule has 0 fully saturated rings. The standard InChI is InChI=1S/C45H63N3O6/c1-4-7-10-13-16-37(49)31-52-40-25-19-34(20-26-40)43-46-44(35-21-27-41(28-22-35)53-32-38(50)17-14-11-8-5-2)48-45(47-43)36-23-29-42(30-24-36)54-33-39(51)18-15-12-9-6-3/h19-30,37-39,49-51H,4-18,31-33H2,1-3H3. The smallest absolute Gasteiger partial charge is 0.164 e. The number of aromatic nitrogens is 3. The number of rotatable bonds is 27. The molecule has 0 aliphatic rings. The maximum absolute atomic E-state index is 10.4. The average molecular weight is 742 g/mol. The van der Waals surface area contributed by atoms with Crippen molar-refractivity contribution in [1.29, 1.82) is 0 Å². The van der Waals surface area contributed by atoms with E-state index in [9.17, 15) is 15.3 Å². The summed E-state index contributed by atoms with van der Waals surface area (Å²) in [4.78, 5) is 14.6. The van der Waals surface area contributed by atoms with Crippen molar-refractivity contribution in [3.63, 3.8) is 0 Å². The van der Waals surface area contributed by atoms with Crippen molar-refractivity contribution in [3.05, 3.63) is 72.8 Å². The summed E-state index contributed by atoms with van der Waals surface area (Å²) < 4.78 is 17.7. The predicted molar refractivity (Wildman–Crippen MR) is 217 cm³/mol. The summed E-state index contributed by atoms with van der Waals surface area (Å²) in [5.74, 6) is 3.54. The van der Waals surface area contributed by atoms with Gasteiger partial charge in [0.05, 0.1) is 18.3 Å². The van der Waals surface area contributed by atoms with Gasteiger partial charge in [-0.3, -0.25) is 0 Å². The maximum atomic E-state index is 10.4. The van der Waals surface area contributed by atoms with E-state index in [1.807, 2.05) is 72.8 Å². The minimum Gasteiger partial charge on any atom is -0.491 e. The first-order valence-electron chi connectivity index (χ1n) is 20.4. The summed E-state index contributed by atoms with van der Waals surface area (Å²) >= 11 is 0. The first kappa shape index (κ1) is 42.7. The van der Waals surface area contributed by atoms with Gasteiger partial charge in [0.25, 0.3) is 0 Å². The molecule has 0 saturated carbocycles. The number of benzene rings is 3. The molecule has 4 aromatic rings. The molecule has 9 nitrogen and oxygen atoms in total. The number of hydrogen-bond donors (Lipinski definition) is 3. The first-order chi connectivity index (χ1) is 26.4. The zero-order valence-corrected chi connectivity index (χ0v) is 32.8. The molecule has 9 heteroatoms. The molecule has 1 heterocycles. The fourth-order valence-corrected chi connectivity index (χ4v) is 6.11. The van der Waals surface area contributed by atoms with Crippen LogP contribution in [0.1, 0.15) is 117 Å². The Balaban J connectivity index is 1.48. The summed E-state index contributed by atoms with van der Waals surface area (Å²) in [6, 6.07) is 22.7. The molecular weight excluding hydrogens is 679 g/mol. The molecule has 3 aromatic carbocycles. The van der Waals surface area contributed by atoms with Crippen molar-refractivity contribution in [1.82, 2.24) is 15.0 Å². The Kier molecular flexibility index (Phi) is 19.3. The number of aliphatic hydroxyl groups excluding tert-OH is 3. The highest BCUT2D eigenvalue weighted by Gasteiger charge is 2.14. The van der Waals surface area contributed by atoms with Gasteiger partial charge in [0.15, 0.2) is 17.5 Å². The molecule has 0 aliphatic heterocycles. The lowest BCUT2D eigenvalue weighted by Crippen LogP contribution is -2.17. The van der Waals surface area contributed by atoms with Crippen molar-refractivity contribution < 1.29 is 29.5 Å². The molecule has 3 unspecified atom stereocenters. The minimum absolute atomic E-state index is 0.251. The van der Waals surface area contributed by atoms with E-state index in [2.05, 4.69) is 20.8 Å². The third kappa shape index (κ3) is 15.4. The third-order valence-electron chi connectivity index (χ3n) is 9.47. The van der Waals surface area contributed by atoms with Gasteiger partial charge < -0.3 is 29.5 Å². The lowest BCUT2D eigenvalue weighted by molar-refractivity contribution is 0.0974. The molecule has 0 saturated heterocycles. The number of nitrogens with zero attached hydrogens (tertiary/aromatic N) is 3. The maximum Gasteiger partial charge on any atom is 0.164 e. The van der Waals surface area contributed by atoms with Crippen LogP contribution in [0, 0.1) is 0 Å². The Hall–Kier alpha value is -4.05.